The van der Waals surface area contributed by atoms with Gasteiger partial charge in [0.15, 0.2) is 0 Å². The average Bonchev–Trinajstić information content (AvgIpc) is 2.23. The first-order valence-corrected chi connectivity index (χ1v) is 6.20. The molecular formula is C11H16N2S. The van der Waals surface area contributed by atoms with Crippen LogP contribution in [0.5, 0.6) is 0 Å². The third-order valence-corrected chi connectivity index (χ3v) is 3.66. The Bertz CT molecular complexity index is 278. The van der Waals surface area contributed by atoms with Crippen LogP contribution in [0.4, 0.5) is 11.4 Å². The minimum Gasteiger partial charge on any atom is -0.399 e. The first-order valence-electron chi connectivity index (χ1n) is 5.04. The van der Waals surface area contributed by atoms with Gasteiger partial charge in [-0.2, -0.15) is 11.8 Å². The number of nitrogens with two attached hydrogens (primary N) is 1. The van der Waals surface area contributed by atoms with Crippen molar-refractivity contribution in [3.05, 3.63) is 24.3 Å². The fourth-order valence-electron chi connectivity index (χ4n) is 1.67. The predicted octanol–water partition coefficient (Wildman–Crippen LogP) is 2.58. The van der Waals surface area contributed by atoms with E-state index in [1.807, 2.05) is 23.9 Å². The Morgan fingerprint density at radius 2 is 2.07 bits per heavy atom. The van der Waals surface area contributed by atoms with Gasteiger partial charge in [0.1, 0.15) is 0 Å². The Morgan fingerprint density at radius 1 is 1.29 bits per heavy atom. The van der Waals surface area contributed by atoms with Crippen molar-refractivity contribution in [1.82, 2.24) is 0 Å². The number of thioether (sulfide) groups is 1. The molecule has 1 saturated heterocycles. The van der Waals surface area contributed by atoms with Crippen molar-refractivity contribution in [1.29, 1.82) is 0 Å². The highest BCUT2D eigenvalue weighted by Crippen LogP contribution is 2.21. The van der Waals surface area contributed by atoms with Crippen molar-refractivity contribution < 1.29 is 0 Å². The van der Waals surface area contributed by atoms with Crippen molar-refractivity contribution in [2.45, 2.75) is 18.9 Å². The number of rotatable bonds is 2. The molecule has 3 N–H and O–H groups in total. The normalized spacial score (nSPS) is 21.9. The van der Waals surface area contributed by atoms with Gasteiger partial charge in [0.2, 0.25) is 0 Å². The van der Waals surface area contributed by atoms with Gasteiger partial charge in [0, 0.05) is 23.2 Å². The van der Waals surface area contributed by atoms with E-state index in [2.05, 4.69) is 17.4 Å². The van der Waals surface area contributed by atoms with Crippen LogP contribution in [0, 0.1) is 0 Å². The summed E-state index contributed by atoms with van der Waals surface area (Å²) in [5, 5.41) is 3.53. The minimum atomic E-state index is 0.636. The van der Waals surface area contributed by atoms with Crippen molar-refractivity contribution in [2.24, 2.45) is 0 Å². The molecule has 0 aromatic heterocycles. The first-order chi connectivity index (χ1) is 6.84. The Labute approximate surface area is 89.3 Å². The van der Waals surface area contributed by atoms with Crippen LogP contribution in [-0.2, 0) is 0 Å². The largest absolute Gasteiger partial charge is 0.399 e. The second-order valence-electron chi connectivity index (χ2n) is 3.68. The Morgan fingerprint density at radius 3 is 2.71 bits per heavy atom. The summed E-state index contributed by atoms with van der Waals surface area (Å²) in [6.07, 6.45) is 2.62. The number of benzene rings is 1. The van der Waals surface area contributed by atoms with Crippen molar-refractivity contribution in [3.8, 4) is 0 Å². The summed E-state index contributed by atoms with van der Waals surface area (Å²) in [5.41, 5.74) is 7.64. The fraction of sp³-hybridized carbons (Fsp3) is 0.455. The van der Waals surface area contributed by atoms with E-state index in [4.69, 9.17) is 5.73 Å². The molecule has 1 aliphatic rings. The van der Waals surface area contributed by atoms with E-state index in [-0.39, 0.29) is 0 Å². The molecule has 1 aliphatic heterocycles. The van der Waals surface area contributed by atoms with Gasteiger partial charge in [-0.15, -0.1) is 0 Å². The third kappa shape index (κ3) is 2.58. The Balaban J connectivity index is 1.92. The molecule has 1 atom stereocenters. The molecule has 76 valence electrons. The van der Waals surface area contributed by atoms with E-state index >= 15 is 0 Å². The van der Waals surface area contributed by atoms with Gasteiger partial charge < -0.3 is 11.1 Å². The highest BCUT2D eigenvalue weighted by Gasteiger charge is 2.12. The number of anilines is 2. The van der Waals surface area contributed by atoms with Gasteiger partial charge in [-0.1, -0.05) is 0 Å². The smallest absolute Gasteiger partial charge is 0.0352 e. The van der Waals surface area contributed by atoms with E-state index in [1.165, 1.54) is 30.0 Å². The molecule has 0 radical (unpaired) electrons. The summed E-state index contributed by atoms with van der Waals surface area (Å²) in [5.74, 6) is 2.55. The van der Waals surface area contributed by atoms with Gasteiger partial charge in [0.05, 0.1) is 0 Å². The minimum absolute atomic E-state index is 0.636. The number of nitrogen functional groups attached to an aromatic ring is 1. The second kappa shape index (κ2) is 4.60. The molecule has 14 heavy (non-hydrogen) atoms. The van der Waals surface area contributed by atoms with Crippen molar-refractivity contribution in [3.63, 3.8) is 0 Å². The monoisotopic (exact) mass is 208 g/mol. The zero-order valence-electron chi connectivity index (χ0n) is 8.20. The summed E-state index contributed by atoms with van der Waals surface area (Å²) in [6, 6.07) is 8.62. The zero-order valence-corrected chi connectivity index (χ0v) is 9.02. The van der Waals surface area contributed by atoms with Gasteiger partial charge in [-0.05, 0) is 42.9 Å². The zero-order chi connectivity index (χ0) is 9.80. The molecule has 0 bridgehead atoms. The maximum Gasteiger partial charge on any atom is 0.0352 e. The molecule has 1 unspecified atom stereocenters. The van der Waals surface area contributed by atoms with Crippen LogP contribution in [0.3, 0.4) is 0 Å². The lowest BCUT2D eigenvalue weighted by molar-refractivity contribution is 0.685. The first kappa shape index (κ1) is 9.71. The molecular weight excluding hydrogens is 192 g/mol. The number of hydrogen-bond donors (Lipinski definition) is 2. The van der Waals surface area contributed by atoms with Crippen LogP contribution in [0.15, 0.2) is 24.3 Å². The summed E-state index contributed by atoms with van der Waals surface area (Å²) < 4.78 is 0. The van der Waals surface area contributed by atoms with E-state index in [0.29, 0.717) is 6.04 Å². The maximum atomic E-state index is 5.63. The maximum absolute atomic E-state index is 5.63. The standard InChI is InChI=1S/C11H16N2S/c12-9-3-5-10(6-4-9)13-11-2-1-7-14-8-11/h3-6,11,13H,1-2,7-8,12H2. The van der Waals surface area contributed by atoms with Crippen LogP contribution in [0.25, 0.3) is 0 Å². The second-order valence-corrected chi connectivity index (χ2v) is 4.83. The van der Waals surface area contributed by atoms with E-state index in [0.717, 1.165) is 5.69 Å². The van der Waals surface area contributed by atoms with Crippen LogP contribution in [-0.4, -0.2) is 17.5 Å². The topological polar surface area (TPSA) is 38.0 Å². The van der Waals surface area contributed by atoms with Crippen LogP contribution in [0.2, 0.25) is 0 Å². The van der Waals surface area contributed by atoms with Gasteiger partial charge in [0.25, 0.3) is 0 Å². The van der Waals surface area contributed by atoms with Gasteiger partial charge >= 0.3 is 0 Å². The molecule has 2 rings (SSSR count). The predicted molar refractivity (Wildman–Crippen MR) is 64.8 cm³/mol. The quantitative estimate of drug-likeness (QED) is 0.734. The van der Waals surface area contributed by atoms with E-state index < -0.39 is 0 Å². The fourth-order valence-corrected chi connectivity index (χ4v) is 2.74. The van der Waals surface area contributed by atoms with E-state index in [9.17, 15) is 0 Å². The lowest BCUT2D eigenvalue weighted by atomic mass is 10.1. The molecule has 0 amide bonds. The summed E-state index contributed by atoms with van der Waals surface area (Å²) in [7, 11) is 0. The molecule has 1 heterocycles. The molecule has 1 aromatic carbocycles. The summed E-state index contributed by atoms with van der Waals surface area (Å²) in [4.78, 5) is 0. The molecule has 3 heteroatoms. The Hall–Kier alpha value is -0.830. The lowest BCUT2D eigenvalue weighted by Gasteiger charge is -2.23. The molecule has 2 nitrogen and oxygen atoms in total. The van der Waals surface area contributed by atoms with Gasteiger partial charge in [-0.25, -0.2) is 0 Å². The molecule has 0 saturated carbocycles. The summed E-state index contributed by atoms with van der Waals surface area (Å²) in [6.45, 7) is 0. The molecule has 1 aromatic rings. The summed E-state index contributed by atoms with van der Waals surface area (Å²) >= 11 is 2.04. The lowest BCUT2D eigenvalue weighted by Crippen LogP contribution is -2.25. The molecule has 1 fully saturated rings. The number of nitrogens with one attached hydrogen (secondary N) is 1. The SMILES string of the molecule is Nc1ccc(NC2CCCSC2)cc1. The molecule has 0 spiro atoms. The van der Waals surface area contributed by atoms with Crippen LogP contribution in [0.1, 0.15) is 12.8 Å². The highest BCUT2D eigenvalue weighted by molar-refractivity contribution is 7.99. The van der Waals surface area contributed by atoms with Gasteiger partial charge in [-0.3, -0.25) is 0 Å². The highest BCUT2D eigenvalue weighted by atomic mass is 32.2. The Kier molecular flexibility index (Phi) is 3.19. The van der Waals surface area contributed by atoms with Crippen molar-refractivity contribution in [2.75, 3.05) is 22.6 Å². The van der Waals surface area contributed by atoms with Crippen LogP contribution >= 0.6 is 11.8 Å². The van der Waals surface area contributed by atoms with E-state index in [1.54, 1.807) is 0 Å². The number of hydrogen-bond acceptors (Lipinski definition) is 3. The van der Waals surface area contributed by atoms with Crippen LogP contribution < -0.4 is 11.1 Å². The van der Waals surface area contributed by atoms with Crippen molar-refractivity contribution >= 4 is 23.1 Å². The third-order valence-electron chi connectivity index (χ3n) is 2.44. The average molecular weight is 208 g/mol. The molecule has 0 aliphatic carbocycles.